The van der Waals surface area contributed by atoms with E-state index in [1.54, 1.807) is 12.1 Å². The predicted molar refractivity (Wildman–Crippen MR) is 70.9 cm³/mol. The molecule has 0 radical (unpaired) electrons. The maximum absolute atomic E-state index is 11.2. The minimum absolute atomic E-state index is 0.113. The topological polar surface area (TPSA) is 58.6 Å². The van der Waals surface area contributed by atoms with E-state index < -0.39 is 12.0 Å². The number of hydrogen-bond donors (Lipinski definition) is 2. The van der Waals surface area contributed by atoms with Gasteiger partial charge in [0.2, 0.25) is 0 Å². The monoisotopic (exact) mass is 251 g/mol. The predicted octanol–water partition coefficient (Wildman–Crippen LogP) is 2.60. The van der Waals surface area contributed by atoms with Crippen molar-refractivity contribution in [3.63, 3.8) is 0 Å². The largest absolute Gasteiger partial charge is 0.494 e. The van der Waals surface area contributed by atoms with Gasteiger partial charge in [0.15, 0.2) is 0 Å². The van der Waals surface area contributed by atoms with Gasteiger partial charge in [-0.2, -0.15) is 0 Å². The van der Waals surface area contributed by atoms with Crippen molar-refractivity contribution in [2.45, 2.75) is 39.3 Å². The average molecular weight is 251 g/mol. The molecule has 18 heavy (non-hydrogen) atoms. The van der Waals surface area contributed by atoms with Crippen LogP contribution in [-0.4, -0.2) is 23.7 Å². The first kappa shape index (κ1) is 14.5. The lowest BCUT2D eigenvalue weighted by Crippen LogP contribution is -2.33. The summed E-state index contributed by atoms with van der Waals surface area (Å²) in [5, 5.41) is 12.2. The minimum atomic E-state index is -0.870. The van der Waals surface area contributed by atoms with Crippen molar-refractivity contribution in [2.24, 2.45) is 0 Å². The molecular weight excluding hydrogens is 230 g/mol. The van der Waals surface area contributed by atoms with E-state index in [0.29, 0.717) is 6.61 Å². The zero-order chi connectivity index (χ0) is 13.5. The number of carboxylic acid groups (broad SMARTS) is 1. The van der Waals surface area contributed by atoms with Crippen LogP contribution in [0.2, 0.25) is 0 Å². The molecule has 1 atom stereocenters. The Hall–Kier alpha value is -1.55. The second-order valence-electron chi connectivity index (χ2n) is 4.51. The Balaban J connectivity index is 2.77. The number of nitrogens with one attached hydrogen (secondary N) is 1. The van der Waals surface area contributed by atoms with Gasteiger partial charge in [-0.15, -0.1) is 0 Å². The van der Waals surface area contributed by atoms with Crippen molar-refractivity contribution in [2.75, 3.05) is 6.61 Å². The highest BCUT2D eigenvalue weighted by atomic mass is 16.5. The van der Waals surface area contributed by atoms with Crippen molar-refractivity contribution in [3.05, 3.63) is 29.8 Å². The Morgan fingerprint density at radius 1 is 1.33 bits per heavy atom. The summed E-state index contributed by atoms with van der Waals surface area (Å²) >= 11 is 0. The molecule has 2 N–H and O–H groups in total. The van der Waals surface area contributed by atoms with Crippen LogP contribution in [0.3, 0.4) is 0 Å². The van der Waals surface area contributed by atoms with Gasteiger partial charge in [-0.1, -0.05) is 19.1 Å². The SMILES string of the molecule is CCCOc1ccc(C(NC(C)C)C(=O)O)cc1. The molecule has 0 saturated heterocycles. The van der Waals surface area contributed by atoms with Crippen LogP contribution >= 0.6 is 0 Å². The van der Waals surface area contributed by atoms with E-state index in [-0.39, 0.29) is 6.04 Å². The quantitative estimate of drug-likeness (QED) is 0.782. The molecule has 100 valence electrons. The van der Waals surface area contributed by atoms with Gasteiger partial charge in [-0.25, -0.2) is 0 Å². The Bertz CT molecular complexity index is 373. The summed E-state index contributed by atoms with van der Waals surface area (Å²) in [4.78, 5) is 11.2. The van der Waals surface area contributed by atoms with Gasteiger partial charge in [0.1, 0.15) is 11.8 Å². The van der Waals surface area contributed by atoms with Gasteiger partial charge < -0.3 is 9.84 Å². The molecule has 0 amide bonds. The van der Waals surface area contributed by atoms with E-state index in [9.17, 15) is 9.90 Å². The van der Waals surface area contributed by atoms with E-state index >= 15 is 0 Å². The molecule has 0 aliphatic heterocycles. The Morgan fingerprint density at radius 2 is 1.94 bits per heavy atom. The maximum atomic E-state index is 11.2. The first-order valence-electron chi connectivity index (χ1n) is 6.26. The summed E-state index contributed by atoms with van der Waals surface area (Å²) < 4.78 is 5.46. The molecule has 1 unspecified atom stereocenters. The molecule has 0 heterocycles. The molecule has 0 fully saturated rings. The van der Waals surface area contributed by atoms with E-state index in [1.807, 2.05) is 32.9 Å². The molecule has 1 aromatic carbocycles. The summed E-state index contributed by atoms with van der Waals surface area (Å²) in [7, 11) is 0. The van der Waals surface area contributed by atoms with Crippen molar-refractivity contribution < 1.29 is 14.6 Å². The highest BCUT2D eigenvalue weighted by Gasteiger charge is 2.20. The summed E-state index contributed by atoms with van der Waals surface area (Å²) in [6, 6.07) is 6.64. The molecule has 0 spiro atoms. The number of benzene rings is 1. The third kappa shape index (κ3) is 4.37. The lowest BCUT2D eigenvalue weighted by molar-refractivity contribution is -0.139. The summed E-state index contributed by atoms with van der Waals surface area (Å²) in [6.07, 6.45) is 0.953. The smallest absolute Gasteiger partial charge is 0.325 e. The van der Waals surface area contributed by atoms with Crippen molar-refractivity contribution >= 4 is 5.97 Å². The van der Waals surface area contributed by atoms with Crippen LogP contribution < -0.4 is 10.1 Å². The fraction of sp³-hybridized carbons (Fsp3) is 0.500. The van der Waals surface area contributed by atoms with Gasteiger partial charge in [-0.3, -0.25) is 10.1 Å². The molecule has 0 aliphatic rings. The summed E-state index contributed by atoms with van der Waals surface area (Å²) in [5.41, 5.74) is 0.736. The van der Waals surface area contributed by atoms with Crippen LogP contribution in [0.25, 0.3) is 0 Å². The van der Waals surface area contributed by atoms with Gasteiger partial charge in [0.05, 0.1) is 6.61 Å². The minimum Gasteiger partial charge on any atom is -0.494 e. The molecule has 4 heteroatoms. The van der Waals surface area contributed by atoms with Crippen molar-refractivity contribution in [1.29, 1.82) is 0 Å². The first-order valence-corrected chi connectivity index (χ1v) is 6.26. The lowest BCUT2D eigenvalue weighted by Gasteiger charge is -2.18. The molecule has 0 bridgehead atoms. The van der Waals surface area contributed by atoms with E-state index in [0.717, 1.165) is 17.7 Å². The number of carbonyl (C=O) groups is 1. The van der Waals surface area contributed by atoms with Gasteiger partial charge in [0, 0.05) is 6.04 Å². The lowest BCUT2D eigenvalue weighted by atomic mass is 10.1. The molecule has 1 aromatic rings. The number of aliphatic carboxylic acids is 1. The average Bonchev–Trinajstić information content (AvgIpc) is 2.34. The second-order valence-corrected chi connectivity index (χ2v) is 4.51. The zero-order valence-electron chi connectivity index (χ0n) is 11.1. The number of ether oxygens (including phenoxy) is 1. The van der Waals surface area contributed by atoms with Crippen LogP contribution in [0.5, 0.6) is 5.75 Å². The van der Waals surface area contributed by atoms with E-state index in [1.165, 1.54) is 0 Å². The third-order valence-electron chi connectivity index (χ3n) is 2.43. The van der Waals surface area contributed by atoms with Gasteiger partial charge in [0.25, 0.3) is 0 Å². The number of hydrogen-bond acceptors (Lipinski definition) is 3. The van der Waals surface area contributed by atoms with Crippen LogP contribution in [-0.2, 0) is 4.79 Å². The highest BCUT2D eigenvalue weighted by Crippen LogP contribution is 2.19. The molecule has 0 aromatic heterocycles. The van der Waals surface area contributed by atoms with Crippen molar-refractivity contribution in [3.8, 4) is 5.75 Å². The highest BCUT2D eigenvalue weighted by molar-refractivity contribution is 5.75. The Morgan fingerprint density at radius 3 is 2.39 bits per heavy atom. The zero-order valence-corrected chi connectivity index (χ0v) is 11.1. The number of carboxylic acids is 1. The normalized spacial score (nSPS) is 12.4. The van der Waals surface area contributed by atoms with Crippen LogP contribution in [0.1, 0.15) is 38.8 Å². The van der Waals surface area contributed by atoms with Crippen LogP contribution in [0, 0.1) is 0 Å². The van der Waals surface area contributed by atoms with E-state index in [4.69, 9.17) is 4.74 Å². The second kappa shape index (κ2) is 7.01. The first-order chi connectivity index (χ1) is 8.54. The fourth-order valence-electron chi connectivity index (χ4n) is 1.62. The molecule has 1 rings (SSSR count). The summed E-state index contributed by atoms with van der Waals surface area (Å²) in [5.74, 6) is -0.0970. The molecule has 0 saturated carbocycles. The molecular formula is C14H21NO3. The Labute approximate surface area is 108 Å². The third-order valence-corrected chi connectivity index (χ3v) is 2.43. The number of rotatable bonds is 7. The fourth-order valence-corrected chi connectivity index (χ4v) is 1.62. The van der Waals surface area contributed by atoms with Gasteiger partial charge >= 0.3 is 5.97 Å². The Kier molecular flexibility index (Phi) is 5.65. The standard InChI is InChI=1S/C14H21NO3/c1-4-9-18-12-7-5-11(6-8-12)13(14(16)17)15-10(2)3/h5-8,10,13,15H,4,9H2,1-3H3,(H,16,17). The maximum Gasteiger partial charge on any atom is 0.325 e. The van der Waals surface area contributed by atoms with Crippen LogP contribution in [0.4, 0.5) is 0 Å². The summed E-state index contributed by atoms with van der Waals surface area (Å²) in [6.45, 7) is 6.57. The molecule has 0 aliphatic carbocycles. The van der Waals surface area contributed by atoms with Crippen molar-refractivity contribution in [1.82, 2.24) is 5.32 Å². The van der Waals surface area contributed by atoms with Crippen LogP contribution in [0.15, 0.2) is 24.3 Å². The van der Waals surface area contributed by atoms with Gasteiger partial charge in [-0.05, 0) is 38.0 Å². The molecule has 4 nitrogen and oxygen atoms in total. The van der Waals surface area contributed by atoms with E-state index in [2.05, 4.69) is 5.32 Å².